The highest BCUT2D eigenvalue weighted by Crippen LogP contribution is 2.27. The number of nitrogens with one attached hydrogen (secondary N) is 1. The Morgan fingerprint density at radius 1 is 1.40 bits per heavy atom. The molecular weight excluding hydrogens is 268 g/mol. The summed E-state index contributed by atoms with van der Waals surface area (Å²) in [5.74, 6) is 0. The Bertz CT molecular complexity index is 602. The lowest BCUT2D eigenvalue weighted by molar-refractivity contribution is 0.166. The second kappa shape index (κ2) is 5.13. The van der Waals surface area contributed by atoms with Crippen LogP contribution in [0.25, 0.3) is 4.96 Å². The van der Waals surface area contributed by atoms with Crippen LogP contribution in [-0.4, -0.2) is 39.5 Å². The maximum Gasteiger partial charge on any atom is 0.194 e. The third kappa shape index (κ3) is 2.18. The number of thiazole rings is 1. The molecule has 0 amide bonds. The number of piperidine rings is 1. The van der Waals surface area contributed by atoms with Gasteiger partial charge in [-0.3, -0.25) is 4.40 Å². The molecule has 108 valence electrons. The minimum Gasteiger partial charge on any atom is -0.308 e. The van der Waals surface area contributed by atoms with Crippen molar-refractivity contribution in [3.05, 3.63) is 23.0 Å². The van der Waals surface area contributed by atoms with Crippen LogP contribution < -0.4 is 5.32 Å². The van der Waals surface area contributed by atoms with Crippen molar-refractivity contribution in [1.29, 1.82) is 0 Å². The molecule has 1 N–H and O–H groups in total. The largest absolute Gasteiger partial charge is 0.308 e. The van der Waals surface area contributed by atoms with Crippen LogP contribution in [0.15, 0.2) is 11.6 Å². The maximum absolute atomic E-state index is 4.62. The van der Waals surface area contributed by atoms with Gasteiger partial charge >= 0.3 is 0 Å². The molecule has 2 aromatic heterocycles. The number of rotatable bonds is 3. The summed E-state index contributed by atoms with van der Waals surface area (Å²) in [6.07, 6.45) is 7.55. The number of nitrogens with zero attached hydrogens (tertiary/aromatic N) is 3. The van der Waals surface area contributed by atoms with E-state index in [9.17, 15) is 0 Å². The first-order valence-electron chi connectivity index (χ1n) is 7.70. The fourth-order valence-electron chi connectivity index (χ4n) is 3.80. The van der Waals surface area contributed by atoms with Gasteiger partial charge in [-0.25, -0.2) is 4.98 Å². The van der Waals surface area contributed by atoms with Gasteiger partial charge in [0.25, 0.3) is 0 Å². The summed E-state index contributed by atoms with van der Waals surface area (Å²) in [6, 6.07) is 1.52. The molecule has 2 aliphatic heterocycles. The smallest absolute Gasteiger partial charge is 0.194 e. The Morgan fingerprint density at radius 2 is 2.35 bits per heavy atom. The molecule has 2 unspecified atom stereocenters. The van der Waals surface area contributed by atoms with E-state index in [2.05, 4.69) is 38.1 Å². The van der Waals surface area contributed by atoms with Crippen LogP contribution in [0, 0.1) is 6.92 Å². The van der Waals surface area contributed by atoms with Crippen LogP contribution in [0.4, 0.5) is 0 Å². The van der Waals surface area contributed by atoms with Crippen LogP contribution >= 0.6 is 11.3 Å². The molecule has 4 nitrogen and oxygen atoms in total. The van der Waals surface area contributed by atoms with Crippen molar-refractivity contribution >= 4 is 16.3 Å². The van der Waals surface area contributed by atoms with E-state index in [-0.39, 0.29) is 0 Å². The van der Waals surface area contributed by atoms with Crippen LogP contribution in [0.5, 0.6) is 0 Å². The summed E-state index contributed by atoms with van der Waals surface area (Å²) in [7, 11) is 0. The first-order chi connectivity index (χ1) is 9.81. The molecule has 4 heterocycles. The summed E-state index contributed by atoms with van der Waals surface area (Å²) in [5, 5.41) is 5.89. The van der Waals surface area contributed by atoms with Gasteiger partial charge in [0.15, 0.2) is 4.96 Å². The van der Waals surface area contributed by atoms with Crippen molar-refractivity contribution in [2.75, 3.05) is 13.1 Å². The summed E-state index contributed by atoms with van der Waals surface area (Å²) in [4.78, 5) is 8.42. The van der Waals surface area contributed by atoms with Gasteiger partial charge in [-0.1, -0.05) is 0 Å². The number of fused-ring (bicyclic) bond motifs is 2. The fraction of sp³-hybridized carbons (Fsp3) is 0.667. The molecule has 0 aromatic carbocycles. The SMILES string of the molecule is Cc1nc2sccn2c1CNC1CCN2CCCC2C1. The van der Waals surface area contributed by atoms with Gasteiger partial charge in [0.2, 0.25) is 0 Å². The molecule has 2 fully saturated rings. The van der Waals surface area contributed by atoms with Crippen LogP contribution in [0.3, 0.4) is 0 Å². The van der Waals surface area contributed by atoms with Gasteiger partial charge in [0.05, 0.1) is 11.4 Å². The molecule has 0 saturated carbocycles. The van der Waals surface area contributed by atoms with E-state index in [1.54, 1.807) is 11.3 Å². The second-order valence-corrected chi connectivity index (χ2v) is 7.01. The lowest BCUT2D eigenvalue weighted by Crippen LogP contribution is -2.45. The van der Waals surface area contributed by atoms with Crippen molar-refractivity contribution in [3.8, 4) is 0 Å². The Kier molecular flexibility index (Phi) is 3.28. The zero-order valence-corrected chi connectivity index (χ0v) is 12.8. The van der Waals surface area contributed by atoms with Gasteiger partial charge < -0.3 is 10.2 Å². The molecular formula is C15H22N4S. The second-order valence-electron chi connectivity index (χ2n) is 6.13. The van der Waals surface area contributed by atoms with Crippen LogP contribution in [-0.2, 0) is 6.54 Å². The predicted molar refractivity (Wildman–Crippen MR) is 82.3 cm³/mol. The van der Waals surface area contributed by atoms with Gasteiger partial charge in [0, 0.05) is 30.2 Å². The first-order valence-corrected chi connectivity index (χ1v) is 8.57. The van der Waals surface area contributed by atoms with Gasteiger partial charge in [0.1, 0.15) is 0 Å². The van der Waals surface area contributed by atoms with E-state index in [0.29, 0.717) is 6.04 Å². The number of hydrogen-bond acceptors (Lipinski definition) is 4. The summed E-state index contributed by atoms with van der Waals surface area (Å²) < 4.78 is 2.23. The molecule has 0 spiro atoms. The Morgan fingerprint density at radius 3 is 3.30 bits per heavy atom. The quantitative estimate of drug-likeness (QED) is 0.942. The van der Waals surface area contributed by atoms with Crippen molar-refractivity contribution < 1.29 is 0 Å². The topological polar surface area (TPSA) is 32.6 Å². The third-order valence-electron chi connectivity index (χ3n) is 4.94. The third-order valence-corrected chi connectivity index (χ3v) is 5.70. The van der Waals surface area contributed by atoms with E-state index in [4.69, 9.17) is 0 Å². The normalized spacial score (nSPS) is 27.2. The van der Waals surface area contributed by atoms with E-state index < -0.39 is 0 Å². The zero-order valence-electron chi connectivity index (χ0n) is 12.0. The summed E-state index contributed by atoms with van der Waals surface area (Å²) >= 11 is 1.71. The molecule has 20 heavy (non-hydrogen) atoms. The molecule has 2 saturated heterocycles. The Labute approximate surface area is 123 Å². The van der Waals surface area contributed by atoms with Crippen LogP contribution in [0.1, 0.15) is 37.1 Å². The molecule has 2 aliphatic rings. The molecule has 5 heteroatoms. The number of imidazole rings is 1. The van der Waals surface area contributed by atoms with E-state index in [1.807, 2.05) is 0 Å². The highest BCUT2D eigenvalue weighted by molar-refractivity contribution is 7.15. The molecule has 2 atom stereocenters. The van der Waals surface area contributed by atoms with Crippen molar-refractivity contribution in [3.63, 3.8) is 0 Å². The minimum absolute atomic E-state index is 0.679. The first kappa shape index (κ1) is 12.8. The van der Waals surface area contributed by atoms with Gasteiger partial charge in [-0.05, 0) is 45.7 Å². The maximum atomic E-state index is 4.62. The average Bonchev–Trinajstić information content (AvgIpc) is 3.12. The number of aromatic nitrogens is 2. The minimum atomic E-state index is 0.679. The Hall–Kier alpha value is -0.910. The summed E-state index contributed by atoms with van der Waals surface area (Å²) in [6.45, 7) is 5.67. The van der Waals surface area contributed by atoms with Crippen molar-refractivity contribution in [1.82, 2.24) is 19.6 Å². The van der Waals surface area contributed by atoms with Crippen LogP contribution in [0.2, 0.25) is 0 Å². The zero-order chi connectivity index (χ0) is 13.5. The molecule has 2 aromatic rings. The van der Waals surface area contributed by atoms with Gasteiger partial charge in [-0.2, -0.15) is 0 Å². The monoisotopic (exact) mass is 290 g/mol. The molecule has 0 radical (unpaired) electrons. The molecule has 0 bridgehead atoms. The highest BCUT2D eigenvalue weighted by Gasteiger charge is 2.31. The van der Waals surface area contributed by atoms with E-state index in [0.717, 1.165) is 17.5 Å². The summed E-state index contributed by atoms with van der Waals surface area (Å²) in [5.41, 5.74) is 2.50. The number of hydrogen-bond donors (Lipinski definition) is 1. The average molecular weight is 290 g/mol. The van der Waals surface area contributed by atoms with E-state index >= 15 is 0 Å². The lowest BCUT2D eigenvalue weighted by Gasteiger charge is -2.35. The molecule has 0 aliphatic carbocycles. The number of aryl methyl sites for hydroxylation is 1. The van der Waals surface area contributed by atoms with Crippen molar-refractivity contribution in [2.24, 2.45) is 0 Å². The fourth-order valence-corrected chi connectivity index (χ4v) is 4.58. The molecule has 4 rings (SSSR count). The predicted octanol–water partition coefficient (Wildman–Crippen LogP) is 2.42. The lowest BCUT2D eigenvalue weighted by atomic mass is 9.97. The van der Waals surface area contributed by atoms with Gasteiger partial charge in [-0.15, -0.1) is 11.3 Å². The van der Waals surface area contributed by atoms with E-state index in [1.165, 1.54) is 50.2 Å². The highest BCUT2D eigenvalue weighted by atomic mass is 32.1. The standard InChI is InChI=1S/C15H22N4S/c1-11-14(19-7-8-20-15(19)17-11)10-16-12-4-6-18-5-2-3-13(18)9-12/h7-8,12-13,16H,2-6,9-10H2,1H3. The Balaban J connectivity index is 1.42. The van der Waals surface area contributed by atoms with Crippen molar-refractivity contribution in [2.45, 2.75) is 51.2 Å².